The molecular formula is C21H19ClF6N2O2. The Labute approximate surface area is 185 Å². The van der Waals surface area contributed by atoms with Crippen LogP contribution in [-0.2, 0) is 17.1 Å². The van der Waals surface area contributed by atoms with Crippen LogP contribution in [0.25, 0.3) is 0 Å². The van der Waals surface area contributed by atoms with E-state index in [1.165, 1.54) is 4.90 Å². The molecule has 0 atom stereocenters. The van der Waals surface area contributed by atoms with Crippen molar-refractivity contribution >= 4 is 23.2 Å². The average Bonchev–Trinajstić information content (AvgIpc) is 2.72. The van der Waals surface area contributed by atoms with Crippen molar-refractivity contribution in [2.45, 2.75) is 31.2 Å². The van der Waals surface area contributed by atoms with Crippen molar-refractivity contribution in [2.75, 3.05) is 24.6 Å². The number of halogens is 7. The van der Waals surface area contributed by atoms with Crippen molar-refractivity contribution in [1.82, 2.24) is 5.32 Å². The molecule has 0 radical (unpaired) electrons. The Hall–Kier alpha value is -2.46. The molecule has 11 heteroatoms. The van der Waals surface area contributed by atoms with Gasteiger partial charge in [0, 0.05) is 16.8 Å². The second-order valence-electron chi connectivity index (χ2n) is 7.26. The smallest absolute Gasteiger partial charge is 0.416 e. The van der Waals surface area contributed by atoms with Crippen LogP contribution in [0.15, 0.2) is 42.5 Å². The Bertz CT molecular complexity index is 926. The van der Waals surface area contributed by atoms with Gasteiger partial charge in [0.15, 0.2) is 6.61 Å². The monoisotopic (exact) mass is 480 g/mol. The molecule has 0 unspecified atom stereocenters. The van der Waals surface area contributed by atoms with Crippen LogP contribution >= 0.6 is 11.6 Å². The first-order chi connectivity index (χ1) is 14.9. The van der Waals surface area contributed by atoms with Gasteiger partial charge in [-0.25, -0.2) is 0 Å². The summed E-state index contributed by atoms with van der Waals surface area (Å²) >= 11 is 6.03. The molecule has 1 aliphatic rings. The van der Waals surface area contributed by atoms with E-state index in [1.807, 2.05) is 0 Å². The van der Waals surface area contributed by atoms with Gasteiger partial charge in [0.25, 0.3) is 5.91 Å². The minimum absolute atomic E-state index is 0.00197. The summed E-state index contributed by atoms with van der Waals surface area (Å²) in [7, 11) is 0. The maximum absolute atomic E-state index is 13.0. The zero-order valence-electron chi connectivity index (χ0n) is 16.6. The van der Waals surface area contributed by atoms with Gasteiger partial charge in [-0.15, -0.1) is 0 Å². The molecule has 4 nitrogen and oxygen atoms in total. The number of alkyl halides is 6. The topological polar surface area (TPSA) is 41.6 Å². The molecule has 2 aromatic carbocycles. The summed E-state index contributed by atoms with van der Waals surface area (Å²) in [4.78, 5) is 14.4. The quantitative estimate of drug-likeness (QED) is 0.571. The number of piperidine rings is 1. The summed E-state index contributed by atoms with van der Waals surface area (Å²) < 4.78 is 83.4. The Balaban J connectivity index is 1.85. The first-order valence-electron chi connectivity index (χ1n) is 9.66. The fraction of sp³-hybridized carbons (Fsp3) is 0.381. The molecule has 0 bridgehead atoms. The standard InChI is InChI=1S/C21H19ClF6N2O2/c22-15-2-1-3-17(11-15)30(16-4-6-29-7-5-16)19(31)12-32-18-9-13(20(23,24)25)8-14(10-18)21(26,27)28/h1-3,8-11,16,29H,4-7,12H2. The van der Waals surface area contributed by atoms with Gasteiger partial charge in [-0.3, -0.25) is 4.79 Å². The zero-order valence-corrected chi connectivity index (χ0v) is 17.3. The second kappa shape index (κ2) is 9.58. The number of anilines is 1. The molecule has 1 aliphatic heterocycles. The number of carbonyl (C=O) groups is 1. The van der Waals surface area contributed by atoms with Crippen LogP contribution in [0.5, 0.6) is 5.75 Å². The van der Waals surface area contributed by atoms with E-state index in [2.05, 4.69) is 5.32 Å². The molecular weight excluding hydrogens is 462 g/mol. The summed E-state index contributed by atoms with van der Waals surface area (Å²) in [5.41, 5.74) is -2.56. The predicted molar refractivity (Wildman–Crippen MR) is 107 cm³/mol. The summed E-state index contributed by atoms with van der Waals surface area (Å²) in [6.45, 7) is 0.561. The SMILES string of the molecule is O=C(COc1cc(C(F)(F)F)cc(C(F)(F)F)c1)N(c1cccc(Cl)c1)C1CCNCC1. The summed E-state index contributed by atoms with van der Waals surface area (Å²) in [6.07, 6.45) is -8.79. The highest BCUT2D eigenvalue weighted by Crippen LogP contribution is 2.38. The minimum atomic E-state index is -5.01. The Morgan fingerprint density at radius 2 is 1.59 bits per heavy atom. The van der Waals surface area contributed by atoms with E-state index >= 15 is 0 Å². The lowest BCUT2D eigenvalue weighted by Crippen LogP contribution is -2.48. The predicted octanol–water partition coefficient (Wildman–Crippen LogP) is 5.54. The molecule has 1 heterocycles. The number of benzene rings is 2. The average molecular weight is 481 g/mol. The largest absolute Gasteiger partial charge is 0.484 e. The van der Waals surface area contributed by atoms with E-state index in [0.29, 0.717) is 48.8 Å². The number of ether oxygens (including phenoxy) is 1. The van der Waals surface area contributed by atoms with Crippen LogP contribution in [0.4, 0.5) is 32.0 Å². The van der Waals surface area contributed by atoms with E-state index in [-0.39, 0.29) is 12.1 Å². The molecule has 0 saturated carbocycles. The van der Waals surface area contributed by atoms with Gasteiger partial charge < -0.3 is 15.0 Å². The van der Waals surface area contributed by atoms with E-state index in [0.717, 1.165) is 0 Å². The summed E-state index contributed by atoms with van der Waals surface area (Å²) in [6, 6.07) is 7.13. The van der Waals surface area contributed by atoms with Gasteiger partial charge >= 0.3 is 12.4 Å². The fourth-order valence-corrected chi connectivity index (χ4v) is 3.66. The number of nitrogens with zero attached hydrogens (tertiary/aromatic N) is 1. The molecule has 0 aliphatic carbocycles. The molecule has 174 valence electrons. The molecule has 32 heavy (non-hydrogen) atoms. The van der Waals surface area contributed by atoms with Crippen LogP contribution in [0.3, 0.4) is 0 Å². The fourth-order valence-electron chi connectivity index (χ4n) is 3.47. The number of amides is 1. The summed E-state index contributed by atoms with van der Waals surface area (Å²) in [5.74, 6) is -1.30. The van der Waals surface area contributed by atoms with Crippen molar-refractivity contribution in [1.29, 1.82) is 0 Å². The lowest BCUT2D eigenvalue weighted by Gasteiger charge is -2.34. The molecule has 1 saturated heterocycles. The van der Waals surface area contributed by atoms with Gasteiger partial charge in [-0.2, -0.15) is 26.3 Å². The number of hydrogen-bond acceptors (Lipinski definition) is 3. The highest BCUT2D eigenvalue weighted by atomic mass is 35.5. The zero-order chi connectivity index (χ0) is 23.5. The third-order valence-electron chi connectivity index (χ3n) is 4.95. The van der Waals surface area contributed by atoms with Gasteiger partial charge in [0.05, 0.1) is 11.1 Å². The van der Waals surface area contributed by atoms with E-state index in [9.17, 15) is 31.1 Å². The van der Waals surface area contributed by atoms with Crippen molar-refractivity contribution in [3.05, 3.63) is 58.6 Å². The maximum Gasteiger partial charge on any atom is 0.416 e. The Morgan fingerprint density at radius 3 is 2.12 bits per heavy atom. The van der Waals surface area contributed by atoms with Crippen molar-refractivity contribution in [2.24, 2.45) is 0 Å². The number of hydrogen-bond donors (Lipinski definition) is 1. The minimum Gasteiger partial charge on any atom is -0.484 e. The van der Waals surface area contributed by atoms with Crippen molar-refractivity contribution < 1.29 is 35.9 Å². The third kappa shape index (κ3) is 6.07. The summed E-state index contributed by atoms with van der Waals surface area (Å²) in [5, 5.41) is 3.54. The van der Waals surface area contributed by atoms with Gasteiger partial charge in [-0.05, 0) is 62.3 Å². The van der Waals surface area contributed by atoms with Gasteiger partial charge in [-0.1, -0.05) is 17.7 Å². The molecule has 0 spiro atoms. The van der Waals surface area contributed by atoms with Crippen LogP contribution < -0.4 is 15.0 Å². The highest BCUT2D eigenvalue weighted by Gasteiger charge is 2.37. The van der Waals surface area contributed by atoms with E-state index in [4.69, 9.17) is 16.3 Å². The molecule has 1 amide bonds. The van der Waals surface area contributed by atoms with Crippen molar-refractivity contribution in [3.8, 4) is 5.75 Å². The molecule has 1 fully saturated rings. The van der Waals surface area contributed by atoms with Gasteiger partial charge in [0.2, 0.25) is 0 Å². The third-order valence-corrected chi connectivity index (χ3v) is 5.19. The first-order valence-corrected chi connectivity index (χ1v) is 10.0. The number of rotatable bonds is 5. The Kier molecular flexibility index (Phi) is 7.24. The lowest BCUT2D eigenvalue weighted by atomic mass is 10.0. The molecule has 1 N–H and O–H groups in total. The Morgan fingerprint density at radius 1 is 1.00 bits per heavy atom. The van der Waals surface area contributed by atoms with E-state index < -0.39 is 41.7 Å². The molecule has 3 rings (SSSR count). The lowest BCUT2D eigenvalue weighted by molar-refractivity contribution is -0.143. The normalized spacial score (nSPS) is 15.5. The second-order valence-corrected chi connectivity index (χ2v) is 7.69. The van der Waals surface area contributed by atoms with Crippen LogP contribution in [-0.4, -0.2) is 31.6 Å². The molecule has 0 aromatic heterocycles. The van der Waals surface area contributed by atoms with Gasteiger partial charge in [0.1, 0.15) is 5.75 Å². The first kappa shape index (κ1) is 24.2. The number of carbonyl (C=O) groups excluding carboxylic acids is 1. The van der Waals surface area contributed by atoms with E-state index in [1.54, 1.807) is 24.3 Å². The van der Waals surface area contributed by atoms with Crippen LogP contribution in [0.2, 0.25) is 5.02 Å². The van der Waals surface area contributed by atoms with Crippen molar-refractivity contribution in [3.63, 3.8) is 0 Å². The van der Waals surface area contributed by atoms with Crippen LogP contribution in [0, 0.1) is 0 Å². The maximum atomic E-state index is 13.0. The number of nitrogens with one attached hydrogen (secondary N) is 1. The van der Waals surface area contributed by atoms with Crippen LogP contribution in [0.1, 0.15) is 24.0 Å². The molecule has 2 aromatic rings. The highest BCUT2D eigenvalue weighted by molar-refractivity contribution is 6.30.